The Morgan fingerprint density at radius 2 is 2.26 bits per heavy atom. The maximum atomic E-state index is 13.1. The predicted octanol–water partition coefficient (Wildman–Crippen LogP) is 3.00. The summed E-state index contributed by atoms with van der Waals surface area (Å²) >= 11 is 1.63. The summed E-state index contributed by atoms with van der Waals surface area (Å²) in [6, 6.07) is 8.88. The van der Waals surface area contributed by atoms with Crippen LogP contribution in [-0.2, 0) is 7.05 Å². The summed E-state index contributed by atoms with van der Waals surface area (Å²) < 4.78 is 14.9. The second-order valence-corrected chi connectivity index (χ2v) is 5.39. The van der Waals surface area contributed by atoms with Gasteiger partial charge in [-0.25, -0.2) is 4.39 Å². The number of halogens is 1. The number of hydrogen-bond acceptors (Lipinski definition) is 3. The van der Waals surface area contributed by atoms with Gasteiger partial charge in [0.15, 0.2) is 0 Å². The quantitative estimate of drug-likeness (QED) is 0.824. The fourth-order valence-corrected chi connectivity index (χ4v) is 2.87. The first-order valence-corrected chi connectivity index (χ1v) is 7.29. The van der Waals surface area contributed by atoms with Crippen molar-refractivity contribution >= 4 is 11.8 Å². The van der Waals surface area contributed by atoms with Crippen LogP contribution in [0.3, 0.4) is 0 Å². The molecule has 1 atom stereocenters. The molecular formula is C14H18FN3S. The highest BCUT2D eigenvalue weighted by atomic mass is 32.2. The number of aryl methyl sites for hydroxylation is 1. The van der Waals surface area contributed by atoms with Crippen molar-refractivity contribution in [3.8, 4) is 0 Å². The molecule has 0 aliphatic carbocycles. The minimum absolute atomic E-state index is 0.180. The van der Waals surface area contributed by atoms with Crippen molar-refractivity contribution in [2.75, 3.05) is 12.3 Å². The number of nitrogens with one attached hydrogen (secondary N) is 1. The van der Waals surface area contributed by atoms with Crippen LogP contribution in [0.25, 0.3) is 0 Å². The Balaban J connectivity index is 2.01. The van der Waals surface area contributed by atoms with E-state index in [4.69, 9.17) is 0 Å². The molecule has 1 aromatic carbocycles. The Bertz CT molecular complexity index is 527. The van der Waals surface area contributed by atoms with Gasteiger partial charge in [-0.05, 0) is 30.8 Å². The van der Waals surface area contributed by atoms with Crippen molar-refractivity contribution in [1.82, 2.24) is 15.1 Å². The first kappa shape index (κ1) is 14.1. The topological polar surface area (TPSA) is 29.9 Å². The molecule has 1 heterocycles. The maximum Gasteiger partial charge on any atom is 0.124 e. The normalized spacial score (nSPS) is 12.6. The molecule has 19 heavy (non-hydrogen) atoms. The molecule has 0 saturated carbocycles. The number of benzene rings is 1. The Kier molecular flexibility index (Phi) is 4.99. The van der Waals surface area contributed by atoms with Gasteiger partial charge in [0.05, 0.1) is 11.7 Å². The lowest BCUT2D eigenvalue weighted by Crippen LogP contribution is -2.23. The lowest BCUT2D eigenvalue weighted by molar-refractivity contribution is 0.577. The number of aromatic nitrogens is 2. The van der Waals surface area contributed by atoms with Crippen molar-refractivity contribution in [3.63, 3.8) is 0 Å². The van der Waals surface area contributed by atoms with Crippen molar-refractivity contribution < 1.29 is 4.39 Å². The van der Waals surface area contributed by atoms with Crippen LogP contribution in [0.15, 0.2) is 41.4 Å². The fourth-order valence-electron chi connectivity index (χ4n) is 1.85. The van der Waals surface area contributed by atoms with E-state index in [0.29, 0.717) is 0 Å². The van der Waals surface area contributed by atoms with Gasteiger partial charge in [0.2, 0.25) is 0 Å². The number of thioether (sulfide) groups is 1. The first-order chi connectivity index (χ1) is 9.19. The van der Waals surface area contributed by atoms with Crippen molar-refractivity contribution in [3.05, 3.63) is 48.0 Å². The van der Waals surface area contributed by atoms with Crippen LogP contribution in [0.1, 0.15) is 18.7 Å². The summed E-state index contributed by atoms with van der Waals surface area (Å²) in [5.41, 5.74) is 1.02. The second-order valence-electron chi connectivity index (χ2n) is 4.29. The zero-order valence-electron chi connectivity index (χ0n) is 11.1. The van der Waals surface area contributed by atoms with Gasteiger partial charge in [-0.15, -0.1) is 11.8 Å². The van der Waals surface area contributed by atoms with Crippen LogP contribution >= 0.6 is 11.8 Å². The number of rotatable bonds is 6. The van der Waals surface area contributed by atoms with Crippen LogP contribution in [0, 0.1) is 5.82 Å². The maximum absolute atomic E-state index is 13.1. The molecule has 0 spiro atoms. The zero-order chi connectivity index (χ0) is 13.7. The molecule has 0 amide bonds. The SMILES string of the molecule is CCNC(CSc1cccc(F)c1)c1ccn(C)n1. The molecule has 3 nitrogen and oxygen atoms in total. The Hall–Kier alpha value is -1.33. The van der Waals surface area contributed by atoms with Crippen molar-refractivity contribution in [1.29, 1.82) is 0 Å². The third-order valence-electron chi connectivity index (χ3n) is 2.75. The summed E-state index contributed by atoms with van der Waals surface area (Å²) in [5, 5.41) is 7.83. The highest BCUT2D eigenvalue weighted by Crippen LogP contribution is 2.24. The van der Waals surface area contributed by atoms with E-state index in [-0.39, 0.29) is 11.9 Å². The summed E-state index contributed by atoms with van der Waals surface area (Å²) in [6.45, 7) is 2.95. The monoisotopic (exact) mass is 279 g/mol. The molecule has 2 rings (SSSR count). The van der Waals surface area contributed by atoms with E-state index in [9.17, 15) is 4.39 Å². The average molecular weight is 279 g/mol. The van der Waals surface area contributed by atoms with E-state index in [1.54, 1.807) is 28.6 Å². The lowest BCUT2D eigenvalue weighted by Gasteiger charge is -2.15. The van der Waals surface area contributed by atoms with Crippen molar-refractivity contribution in [2.24, 2.45) is 7.05 Å². The van der Waals surface area contributed by atoms with Gasteiger partial charge in [-0.1, -0.05) is 13.0 Å². The standard InChI is InChI=1S/C14H18FN3S/c1-3-16-14(13-7-8-18(2)17-13)10-19-12-6-4-5-11(15)9-12/h4-9,14,16H,3,10H2,1-2H3. The van der Waals surface area contributed by atoms with Crippen LogP contribution in [0.5, 0.6) is 0 Å². The Morgan fingerprint density at radius 3 is 2.89 bits per heavy atom. The molecular weight excluding hydrogens is 261 g/mol. The smallest absolute Gasteiger partial charge is 0.124 e. The van der Waals surface area contributed by atoms with Gasteiger partial charge in [0.25, 0.3) is 0 Å². The minimum Gasteiger partial charge on any atom is -0.308 e. The van der Waals surface area contributed by atoms with Gasteiger partial charge in [0, 0.05) is 23.9 Å². The highest BCUT2D eigenvalue weighted by Gasteiger charge is 2.13. The molecule has 5 heteroatoms. The summed E-state index contributed by atoms with van der Waals surface area (Å²) in [7, 11) is 1.91. The predicted molar refractivity (Wildman–Crippen MR) is 76.7 cm³/mol. The molecule has 0 aliphatic heterocycles. The molecule has 0 bridgehead atoms. The zero-order valence-corrected chi connectivity index (χ0v) is 12.0. The third-order valence-corrected chi connectivity index (χ3v) is 3.84. The van der Waals surface area contributed by atoms with Crippen LogP contribution in [0.4, 0.5) is 4.39 Å². The van der Waals surface area contributed by atoms with Gasteiger partial charge < -0.3 is 5.32 Å². The molecule has 0 saturated heterocycles. The fraction of sp³-hybridized carbons (Fsp3) is 0.357. The lowest BCUT2D eigenvalue weighted by atomic mass is 10.2. The molecule has 0 aliphatic rings. The molecule has 1 N–H and O–H groups in total. The third kappa shape index (κ3) is 4.08. The first-order valence-electron chi connectivity index (χ1n) is 6.30. The van der Waals surface area contributed by atoms with Gasteiger partial charge in [-0.2, -0.15) is 5.10 Å². The van der Waals surface area contributed by atoms with E-state index in [0.717, 1.165) is 22.9 Å². The van der Waals surface area contributed by atoms with E-state index in [1.165, 1.54) is 6.07 Å². The van der Waals surface area contributed by atoms with Crippen molar-refractivity contribution in [2.45, 2.75) is 17.9 Å². The number of nitrogens with zero attached hydrogens (tertiary/aromatic N) is 2. The van der Waals surface area contributed by atoms with E-state index < -0.39 is 0 Å². The Labute approximate surface area is 117 Å². The van der Waals surface area contributed by atoms with Crippen LogP contribution < -0.4 is 5.32 Å². The summed E-state index contributed by atoms with van der Waals surface area (Å²) in [6.07, 6.45) is 1.94. The van der Waals surface area contributed by atoms with Crippen LogP contribution in [-0.4, -0.2) is 22.1 Å². The largest absolute Gasteiger partial charge is 0.308 e. The van der Waals surface area contributed by atoms with Crippen LogP contribution in [0.2, 0.25) is 0 Å². The molecule has 1 aromatic heterocycles. The van der Waals surface area contributed by atoms with Gasteiger partial charge >= 0.3 is 0 Å². The van der Waals surface area contributed by atoms with Gasteiger partial charge in [0.1, 0.15) is 5.82 Å². The highest BCUT2D eigenvalue weighted by molar-refractivity contribution is 7.99. The molecule has 2 aromatic rings. The summed E-state index contributed by atoms with van der Waals surface area (Å²) in [5.74, 6) is 0.636. The molecule has 1 unspecified atom stereocenters. The number of hydrogen-bond donors (Lipinski definition) is 1. The minimum atomic E-state index is -0.192. The molecule has 0 fully saturated rings. The average Bonchev–Trinajstić information content (AvgIpc) is 2.81. The second kappa shape index (κ2) is 6.73. The Morgan fingerprint density at radius 1 is 1.42 bits per heavy atom. The molecule has 0 radical (unpaired) electrons. The molecule has 102 valence electrons. The van der Waals surface area contributed by atoms with E-state index >= 15 is 0 Å². The van der Waals surface area contributed by atoms with E-state index in [1.807, 2.05) is 25.4 Å². The summed E-state index contributed by atoms with van der Waals surface area (Å²) in [4.78, 5) is 0.943. The van der Waals surface area contributed by atoms with Gasteiger partial charge in [-0.3, -0.25) is 4.68 Å². The van der Waals surface area contributed by atoms with E-state index in [2.05, 4.69) is 17.3 Å².